The third-order valence-electron chi connectivity index (χ3n) is 6.72. The van der Waals surface area contributed by atoms with Crippen molar-refractivity contribution in [3.8, 4) is 0 Å². The molecule has 3 aromatic rings. The van der Waals surface area contributed by atoms with Gasteiger partial charge in [-0.1, -0.05) is 66.0 Å². The third-order valence-corrected chi connectivity index (χ3v) is 8.84. The normalized spacial score (nSPS) is 12.6. The van der Waals surface area contributed by atoms with E-state index in [-0.39, 0.29) is 23.9 Å². The maximum Gasteiger partial charge on any atom is 0.417 e. The van der Waals surface area contributed by atoms with Gasteiger partial charge >= 0.3 is 6.18 Å². The van der Waals surface area contributed by atoms with Crippen LogP contribution in [-0.2, 0) is 32.3 Å². The molecule has 0 fully saturated rings. The van der Waals surface area contributed by atoms with Crippen molar-refractivity contribution in [2.24, 2.45) is 0 Å². The van der Waals surface area contributed by atoms with Crippen molar-refractivity contribution >= 4 is 39.1 Å². The summed E-state index contributed by atoms with van der Waals surface area (Å²) in [6, 6.07) is 14.4. The van der Waals surface area contributed by atoms with Gasteiger partial charge in [0.15, 0.2) is 0 Å². The molecule has 0 saturated heterocycles. The molecular formula is C31H35ClF3N3O4S. The van der Waals surface area contributed by atoms with Crippen LogP contribution in [0.4, 0.5) is 18.9 Å². The zero-order valence-corrected chi connectivity index (χ0v) is 26.1. The quantitative estimate of drug-likeness (QED) is 0.260. The molecule has 0 aliphatic carbocycles. The van der Waals surface area contributed by atoms with Crippen LogP contribution in [-0.4, -0.2) is 43.8 Å². The van der Waals surface area contributed by atoms with Crippen LogP contribution in [0, 0.1) is 13.8 Å². The van der Waals surface area contributed by atoms with Crippen molar-refractivity contribution in [3.05, 3.63) is 94.0 Å². The van der Waals surface area contributed by atoms with E-state index in [2.05, 4.69) is 5.32 Å². The molecule has 1 atom stereocenters. The fraction of sp³-hybridized carbons (Fsp3) is 0.355. The minimum atomic E-state index is -4.88. The first kappa shape index (κ1) is 33.9. The summed E-state index contributed by atoms with van der Waals surface area (Å²) < 4.78 is 69.8. The van der Waals surface area contributed by atoms with Crippen LogP contribution < -0.4 is 9.62 Å². The van der Waals surface area contributed by atoms with Gasteiger partial charge in [-0.3, -0.25) is 13.9 Å². The fourth-order valence-electron chi connectivity index (χ4n) is 4.44. The number of hydrogen-bond acceptors (Lipinski definition) is 4. The van der Waals surface area contributed by atoms with Crippen molar-refractivity contribution in [2.75, 3.05) is 10.8 Å². The number of nitrogens with one attached hydrogen (secondary N) is 1. The van der Waals surface area contributed by atoms with Gasteiger partial charge in [0.25, 0.3) is 10.0 Å². The Morgan fingerprint density at radius 2 is 1.49 bits per heavy atom. The lowest BCUT2D eigenvalue weighted by atomic mass is 10.1. The number of carbonyl (C=O) groups is 2. The highest BCUT2D eigenvalue weighted by Crippen LogP contribution is 2.38. The van der Waals surface area contributed by atoms with Crippen LogP contribution >= 0.6 is 11.6 Å². The first-order valence-corrected chi connectivity index (χ1v) is 15.5. The predicted molar refractivity (Wildman–Crippen MR) is 161 cm³/mol. The minimum absolute atomic E-state index is 0.0318. The molecule has 7 nitrogen and oxygen atoms in total. The lowest BCUT2D eigenvalue weighted by Crippen LogP contribution is -2.53. The Kier molecular flexibility index (Phi) is 10.9. The highest BCUT2D eigenvalue weighted by atomic mass is 35.5. The third kappa shape index (κ3) is 8.51. The molecule has 0 aliphatic heterocycles. The molecule has 1 unspecified atom stereocenters. The predicted octanol–water partition coefficient (Wildman–Crippen LogP) is 6.50. The number of aryl methyl sites for hydroxylation is 2. The Bertz CT molecular complexity index is 1540. The molecule has 0 radical (unpaired) electrons. The Labute approximate surface area is 255 Å². The van der Waals surface area contributed by atoms with Gasteiger partial charge < -0.3 is 10.2 Å². The Hall–Kier alpha value is -3.57. The SMILES string of the molecule is CCC(C(=O)NC(C)C)N(Cc1ccc(C)cc1)C(=O)CN(c1ccc(Cl)c(C(F)(F)F)c1)S(=O)(=O)c1ccc(C)cc1. The van der Waals surface area contributed by atoms with Gasteiger partial charge in [-0.05, 0) is 70.0 Å². The van der Waals surface area contributed by atoms with Gasteiger partial charge in [-0.15, -0.1) is 0 Å². The number of carbonyl (C=O) groups excluding carboxylic acids is 2. The molecule has 3 aromatic carbocycles. The molecule has 43 heavy (non-hydrogen) atoms. The summed E-state index contributed by atoms with van der Waals surface area (Å²) in [7, 11) is -4.55. The highest BCUT2D eigenvalue weighted by molar-refractivity contribution is 7.92. The van der Waals surface area contributed by atoms with Crippen molar-refractivity contribution in [1.82, 2.24) is 10.2 Å². The summed E-state index contributed by atoms with van der Waals surface area (Å²) in [6.45, 7) is 8.00. The lowest BCUT2D eigenvalue weighted by molar-refractivity contribution is -0.140. The van der Waals surface area contributed by atoms with E-state index in [4.69, 9.17) is 11.6 Å². The van der Waals surface area contributed by atoms with Crippen molar-refractivity contribution in [3.63, 3.8) is 0 Å². The van der Waals surface area contributed by atoms with Gasteiger partial charge in [0.1, 0.15) is 12.6 Å². The second-order valence-corrected chi connectivity index (χ2v) is 12.9. The Balaban J connectivity index is 2.15. The molecule has 0 bridgehead atoms. The minimum Gasteiger partial charge on any atom is -0.352 e. The van der Waals surface area contributed by atoms with Gasteiger partial charge in [0.05, 0.1) is 21.2 Å². The molecule has 232 valence electrons. The zero-order chi connectivity index (χ0) is 32.1. The lowest BCUT2D eigenvalue weighted by Gasteiger charge is -2.33. The molecule has 0 saturated carbocycles. The second kappa shape index (κ2) is 13.8. The summed E-state index contributed by atoms with van der Waals surface area (Å²) in [6.07, 6.45) is -4.67. The van der Waals surface area contributed by atoms with Gasteiger partial charge in [-0.2, -0.15) is 13.2 Å². The topological polar surface area (TPSA) is 86.8 Å². The Morgan fingerprint density at radius 3 is 2.00 bits per heavy atom. The monoisotopic (exact) mass is 637 g/mol. The van der Waals surface area contributed by atoms with E-state index < -0.39 is 56.9 Å². The number of nitrogens with zero attached hydrogens (tertiary/aromatic N) is 2. The van der Waals surface area contributed by atoms with Crippen LogP contribution in [0.25, 0.3) is 0 Å². The van der Waals surface area contributed by atoms with Crippen molar-refractivity contribution in [1.29, 1.82) is 0 Å². The highest BCUT2D eigenvalue weighted by Gasteiger charge is 2.37. The summed E-state index contributed by atoms with van der Waals surface area (Å²) in [5, 5.41) is 2.18. The van der Waals surface area contributed by atoms with E-state index in [1.807, 2.05) is 19.1 Å². The van der Waals surface area contributed by atoms with Crippen LogP contribution in [0.5, 0.6) is 0 Å². The number of alkyl halides is 3. The second-order valence-electron chi connectivity index (χ2n) is 10.6. The van der Waals surface area contributed by atoms with E-state index in [0.717, 1.165) is 23.3 Å². The molecule has 3 rings (SSSR count). The Morgan fingerprint density at radius 1 is 0.930 bits per heavy atom. The summed E-state index contributed by atoms with van der Waals surface area (Å²) >= 11 is 5.82. The van der Waals surface area contributed by atoms with Crippen molar-refractivity contribution < 1.29 is 31.2 Å². The van der Waals surface area contributed by atoms with Crippen LogP contribution in [0.15, 0.2) is 71.6 Å². The molecular weight excluding hydrogens is 603 g/mol. The van der Waals surface area contributed by atoms with Gasteiger partial charge in [0.2, 0.25) is 11.8 Å². The number of sulfonamides is 1. The number of hydrogen-bond donors (Lipinski definition) is 1. The number of rotatable bonds is 11. The number of anilines is 1. The van der Waals surface area contributed by atoms with Gasteiger partial charge in [-0.25, -0.2) is 8.42 Å². The molecule has 12 heteroatoms. The van der Waals surface area contributed by atoms with E-state index in [9.17, 15) is 31.2 Å². The van der Waals surface area contributed by atoms with E-state index >= 15 is 0 Å². The average molecular weight is 638 g/mol. The van der Waals surface area contributed by atoms with Crippen LogP contribution in [0.1, 0.15) is 49.4 Å². The van der Waals surface area contributed by atoms with E-state index in [1.165, 1.54) is 17.0 Å². The molecule has 0 heterocycles. The number of benzene rings is 3. The fourth-order valence-corrected chi connectivity index (χ4v) is 6.07. The maximum absolute atomic E-state index is 14.1. The summed E-state index contributed by atoms with van der Waals surface area (Å²) in [5.74, 6) is -1.21. The summed E-state index contributed by atoms with van der Waals surface area (Å²) in [4.78, 5) is 28.3. The number of halogens is 4. The molecule has 0 aromatic heterocycles. The average Bonchev–Trinajstić information content (AvgIpc) is 2.92. The van der Waals surface area contributed by atoms with E-state index in [0.29, 0.717) is 15.9 Å². The van der Waals surface area contributed by atoms with E-state index in [1.54, 1.807) is 52.0 Å². The van der Waals surface area contributed by atoms with Crippen molar-refractivity contribution in [2.45, 2.75) is 70.7 Å². The van der Waals surface area contributed by atoms with Gasteiger partial charge in [0, 0.05) is 12.6 Å². The number of amides is 2. The first-order chi connectivity index (χ1) is 20.0. The molecule has 0 spiro atoms. The van der Waals surface area contributed by atoms with Crippen LogP contribution in [0.3, 0.4) is 0 Å². The molecule has 1 N–H and O–H groups in total. The molecule has 0 aliphatic rings. The van der Waals surface area contributed by atoms with Crippen LogP contribution in [0.2, 0.25) is 5.02 Å². The first-order valence-electron chi connectivity index (χ1n) is 13.7. The zero-order valence-electron chi connectivity index (χ0n) is 24.6. The maximum atomic E-state index is 14.1. The summed E-state index contributed by atoms with van der Waals surface area (Å²) in [5.41, 5.74) is 0.778. The smallest absolute Gasteiger partial charge is 0.352 e. The largest absolute Gasteiger partial charge is 0.417 e. The standard InChI is InChI=1S/C31H35ClF3N3O4S/c1-6-28(30(40)36-20(2)3)37(18-23-11-7-21(4)8-12-23)29(39)19-38(43(41,42)25-14-9-22(5)10-15-25)24-13-16-27(32)26(17-24)31(33,34)35/h7-17,20,28H,6,18-19H2,1-5H3,(H,36,40). The molecule has 2 amide bonds.